The summed E-state index contributed by atoms with van der Waals surface area (Å²) in [6.07, 6.45) is 2.95. The van der Waals surface area contributed by atoms with Crippen LogP contribution < -0.4 is 14.8 Å². The van der Waals surface area contributed by atoms with Crippen molar-refractivity contribution in [3.8, 4) is 17.2 Å². The quantitative estimate of drug-likeness (QED) is 0.867. The lowest BCUT2D eigenvalue weighted by Gasteiger charge is -2.25. The van der Waals surface area contributed by atoms with E-state index >= 15 is 0 Å². The van der Waals surface area contributed by atoms with E-state index in [0.29, 0.717) is 22.9 Å². The molecule has 1 amide bonds. The average Bonchev–Trinajstić information content (AvgIpc) is 2.51. The van der Waals surface area contributed by atoms with Crippen LogP contribution in [-0.4, -0.2) is 13.0 Å². The van der Waals surface area contributed by atoms with E-state index in [1.807, 2.05) is 6.92 Å². The van der Waals surface area contributed by atoms with Gasteiger partial charge in [0.15, 0.2) is 5.75 Å². The molecule has 2 aromatic carbocycles. The van der Waals surface area contributed by atoms with Crippen molar-refractivity contribution in [2.75, 3.05) is 12.4 Å². The summed E-state index contributed by atoms with van der Waals surface area (Å²) >= 11 is 0. The van der Waals surface area contributed by atoms with Crippen molar-refractivity contribution < 1.29 is 18.7 Å². The minimum Gasteiger partial charge on any atom is -0.496 e. The lowest BCUT2D eigenvalue weighted by atomic mass is 9.85. The lowest BCUT2D eigenvalue weighted by molar-refractivity contribution is -0.122. The van der Waals surface area contributed by atoms with Crippen LogP contribution >= 0.6 is 0 Å². The van der Waals surface area contributed by atoms with Crippen molar-refractivity contribution in [2.24, 2.45) is 5.92 Å². The fourth-order valence-electron chi connectivity index (χ4n) is 2.65. The van der Waals surface area contributed by atoms with Gasteiger partial charge in [-0.15, -0.1) is 0 Å². The molecule has 1 saturated carbocycles. The highest BCUT2D eigenvalue weighted by atomic mass is 19.1. The zero-order valence-corrected chi connectivity index (χ0v) is 13.8. The number of anilines is 1. The number of ether oxygens (including phenoxy) is 2. The van der Waals surface area contributed by atoms with Crippen LogP contribution in [0.1, 0.15) is 24.8 Å². The Morgan fingerprint density at radius 2 is 1.88 bits per heavy atom. The molecule has 3 rings (SSSR count). The van der Waals surface area contributed by atoms with Gasteiger partial charge in [-0.1, -0.05) is 6.42 Å². The standard InChI is InChI=1S/C19H20FNO3/c1-12-17(23-2)11-10-16(21-19(22)13-4-3-5-13)18(12)24-15-8-6-14(20)7-9-15/h6-11,13H,3-5H2,1-2H3,(H,21,22). The van der Waals surface area contributed by atoms with Crippen molar-refractivity contribution in [1.82, 2.24) is 0 Å². The number of amides is 1. The number of nitrogens with one attached hydrogen (secondary N) is 1. The van der Waals surface area contributed by atoms with E-state index in [9.17, 15) is 9.18 Å². The van der Waals surface area contributed by atoms with E-state index in [1.165, 1.54) is 12.1 Å². The second kappa shape index (κ2) is 6.91. The van der Waals surface area contributed by atoms with Crippen LogP contribution in [0.25, 0.3) is 0 Å². The Balaban J connectivity index is 1.90. The minimum absolute atomic E-state index is 0.00905. The van der Waals surface area contributed by atoms with Gasteiger partial charge in [-0.25, -0.2) is 4.39 Å². The molecule has 0 bridgehead atoms. The van der Waals surface area contributed by atoms with Crippen molar-refractivity contribution in [3.05, 3.63) is 47.8 Å². The zero-order chi connectivity index (χ0) is 17.1. The molecule has 0 spiro atoms. The van der Waals surface area contributed by atoms with Gasteiger partial charge in [-0.3, -0.25) is 4.79 Å². The van der Waals surface area contributed by atoms with Gasteiger partial charge in [0.1, 0.15) is 17.3 Å². The van der Waals surface area contributed by atoms with E-state index in [4.69, 9.17) is 9.47 Å². The summed E-state index contributed by atoms with van der Waals surface area (Å²) in [7, 11) is 1.58. The molecular weight excluding hydrogens is 309 g/mol. The maximum Gasteiger partial charge on any atom is 0.227 e. The fraction of sp³-hybridized carbons (Fsp3) is 0.316. The maximum absolute atomic E-state index is 13.1. The molecular formula is C19H20FNO3. The van der Waals surface area contributed by atoms with Crippen LogP contribution in [0.2, 0.25) is 0 Å². The third-order valence-electron chi connectivity index (χ3n) is 4.34. The average molecular weight is 329 g/mol. The minimum atomic E-state index is -0.330. The molecule has 1 fully saturated rings. The van der Waals surface area contributed by atoms with Crippen LogP contribution in [0, 0.1) is 18.7 Å². The summed E-state index contributed by atoms with van der Waals surface area (Å²) in [6.45, 7) is 1.86. The summed E-state index contributed by atoms with van der Waals surface area (Å²) in [5, 5.41) is 2.94. The largest absolute Gasteiger partial charge is 0.496 e. The zero-order valence-electron chi connectivity index (χ0n) is 13.8. The molecule has 1 aliphatic carbocycles. The number of rotatable bonds is 5. The van der Waals surface area contributed by atoms with Gasteiger partial charge in [-0.05, 0) is 56.2 Å². The van der Waals surface area contributed by atoms with Gasteiger partial charge in [0.05, 0.1) is 12.8 Å². The van der Waals surface area contributed by atoms with Crippen molar-refractivity contribution in [3.63, 3.8) is 0 Å². The van der Waals surface area contributed by atoms with Gasteiger partial charge < -0.3 is 14.8 Å². The predicted molar refractivity (Wildman–Crippen MR) is 90.2 cm³/mol. The Labute approximate surface area is 140 Å². The molecule has 1 N–H and O–H groups in total. The SMILES string of the molecule is COc1ccc(NC(=O)C2CCC2)c(Oc2ccc(F)cc2)c1C. The highest BCUT2D eigenvalue weighted by Gasteiger charge is 2.26. The third kappa shape index (κ3) is 3.35. The Morgan fingerprint density at radius 3 is 2.46 bits per heavy atom. The fourth-order valence-corrected chi connectivity index (χ4v) is 2.65. The van der Waals surface area contributed by atoms with E-state index < -0.39 is 0 Å². The molecule has 1 aliphatic rings. The molecule has 0 heterocycles. The summed E-state index contributed by atoms with van der Waals surface area (Å²) < 4.78 is 24.3. The normalized spacial score (nSPS) is 14.0. The molecule has 0 radical (unpaired) electrons. The number of benzene rings is 2. The highest BCUT2D eigenvalue weighted by Crippen LogP contribution is 2.39. The molecule has 0 aliphatic heterocycles. The van der Waals surface area contributed by atoms with Gasteiger partial charge >= 0.3 is 0 Å². The summed E-state index contributed by atoms with van der Waals surface area (Å²) in [5.74, 6) is 1.42. The smallest absolute Gasteiger partial charge is 0.227 e. The first kappa shape index (κ1) is 16.3. The van der Waals surface area contributed by atoms with E-state index in [2.05, 4.69) is 5.32 Å². The third-order valence-corrected chi connectivity index (χ3v) is 4.34. The van der Waals surface area contributed by atoms with Gasteiger partial charge in [0, 0.05) is 11.5 Å². The van der Waals surface area contributed by atoms with Crippen molar-refractivity contribution >= 4 is 11.6 Å². The number of hydrogen-bond acceptors (Lipinski definition) is 3. The highest BCUT2D eigenvalue weighted by molar-refractivity contribution is 5.95. The maximum atomic E-state index is 13.1. The first-order valence-corrected chi connectivity index (χ1v) is 8.00. The topological polar surface area (TPSA) is 47.6 Å². The van der Waals surface area contributed by atoms with Crippen LogP contribution in [0.3, 0.4) is 0 Å². The first-order valence-electron chi connectivity index (χ1n) is 8.00. The van der Waals surface area contributed by atoms with Gasteiger partial charge in [0.2, 0.25) is 5.91 Å². The first-order chi connectivity index (χ1) is 11.6. The predicted octanol–water partition coefficient (Wildman–Crippen LogP) is 4.67. The van der Waals surface area contributed by atoms with Crippen LogP contribution in [0.4, 0.5) is 10.1 Å². The van der Waals surface area contributed by atoms with Crippen LogP contribution in [0.5, 0.6) is 17.2 Å². The number of hydrogen-bond donors (Lipinski definition) is 1. The monoisotopic (exact) mass is 329 g/mol. The Bertz CT molecular complexity index is 739. The summed E-state index contributed by atoms with van der Waals surface area (Å²) in [6, 6.07) is 9.32. The molecule has 0 atom stereocenters. The van der Waals surface area contributed by atoms with Crippen LogP contribution in [-0.2, 0) is 4.79 Å². The Hall–Kier alpha value is -2.56. The second-order valence-electron chi connectivity index (χ2n) is 5.94. The van der Waals surface area contributed by atoms with Gasteiger partial charge in [0.25, 0.3) is 0 Å². The molecule has 0 unspecified atom stereocenters. The molecule has 0 saturated heterocycles. The Kier molecular flexibility index (Phi) is 4.69. The summed E-state index contributed by atoms with van der Waals surface area (Å²) in [5.41, 5.74) is 1.36. The number of carbonyl (C=O) groups is 1. The van der Waals surface area contributed by atoms with E-state index in [1.54, 1.807) is 31.4 Å². The molecule has 5 heteroatoms. The second-order valence-corrected chi connectivity index (χ2v) is 5.94. The van der Waals surface area contributed by atoms with Crippen LogP contribution in [0.15, 0.2) is 36.4 Å². The van der Waals surface area contributed by atoms with E-state index in [0.717, 1.165) is 24.8 Å². The van der Waals surface area contributed by atoms with Crippen molar-refractivity contribution in [2.45, 2.75) is 26.2 Å². The summed E-state index contributed by atoms with van der Waals surface area (Å²) in [4.78, 5) is 12.3. The lowest BCUT2D eigenvalue weighted by Crippen LogP contribution is -2.28. The molecule has 4 nitrogen and oxygen atoms in total. The van der Waals surface area contributed by atoms with Crippen molar-refractivity contribution in [1.29, 1.82) is 0 Å². The number of carbonyl (C=O) groups excluding carboxylic acids is 1. The Morgan fingerprint density at radius 1 is 1.17 bits per heavy atom. The molecule has 126 valence electrons. The van der Waals surface area contributed by atoms with Gasteiger partial charge in [-0.2, -0.15) is 0 Å². The van der Waals surface area contributed by atoms with E-state index in [-0.39, 0.29) is 17.6 Å². The number of methoxy groups -OCH3 is 1. The molecule has 0 aromatic heterocycles. The molecule has 2 aromatic rings. The molecule has 24 heavy (non-hydrogen) atoms. The number of halogens is 1.